The normalized spacial score (nSPS) is 14.6. The lowest BCUT2D eigenvalue weighted by Crippen LogP contribution is -1.98. The fourth-order valence-electron chi connectivity index (χ4n) is 0.417. The van der Waals surface area contributed by atoms with Gasteiger partial charge in [0.15, 0.2) is 0 Å². The Morgan fingerprint density at radius 2 is 2.50 bits per heavy atom. The molecular formula is C6H5BClO2. The molecule has 1 aromatic carbocycles. The minimum atomic E-state index is -0.449. The smallest absolute Gasteiger partial charge is 0.537 e. The van der Waals surface area contributed by atoms with E-state index in [4.69, 9.17) is 22.1 Å². The molecule has 51 valence electrons. The summed E-state index contributed by atoms with van der Waals surface area (Å²) < 4.78 is 33.7. The topological polar surface area (TPSA) is 29.5 Å². The second kappa shape index (κ2) is 3.49. The Balaban J connectivity index is 3.43. The molecule has 0 aromatic heterocycles. The second-order valence-corrected chi connectivity index (χ2v) is 1.74. The first-order valence-electron chi connectivity index (χ1n) is 4.39. The van der Waals surface area contributed by atoms with Gasteiger partial charge < -0.3 is 9.68 Å². The zero-order chi connectivity index (χ0) is 10.9. The molecule has 0 aliphatic heterocycles. The number of hydrogen-bond donors (Lipinski definition) is 1. The van der Waals surface area contributed by atoms with Gasteiger partial charge in [-0.1, -0.05) is 17.6 Å². The molecule has 1 radical (unpaired) electrons. The van der Waals surface area contributed by atoms with Crippen molar-refractivity contribution in [2.45, 2.75) is 0 Å². The molecule has 0 saturated heterocycles. The number of rotatable bonds is 2. The number of benzene rings is 1. The molecule has 0 amide bonds. The predicted molar refractivity (Wildman–Crippen MR) is 40.1 cm³/mol. The molecule has 0 atom stereocenters. The molecule has 10 heavy (non-hydrogen) atoms. The number of halogens is 1. The standard InChI is InChI=1S/C6H5BClO2/c8-5-2-1-3-6(4-5)10-7-9/h1-4,9H/i1D,2D,3D,4D. The van der Waals surface area contributed by atoms with Crippen LogP contribution in [0.25, 0.3) is 0 Å². The summed E-state index contributed by atoms with van der Waals surface area (Å²) in [4.78, 5) is 0. The quantitative estimate of drug-likeness (QED) is 0.658. The summed E-state index contributed by atoms with van der Waals surface area (Å²) in [6.45, 7) is 0. The predicted octanol–water partition coefficient (Wildman–Crippen LogP) is 1.25. The van der Waals surface area contributed by atoms with Gasteiger partial charge in [0.25, 0.3) is 0 Å². The SMILES string of the molecule is [2H]c1c([2H])c(Cl)c([2H])c(O[B]O)c1[2H]. The Bertz CT molecular complexity index is 344. The summed E-state index contributed by atoms with van der Waals surface area (Å²) in [5.74, 6) is -0.335. The molecule has 4 heteroatoms. The first-order valence-corrected chi connectivity index (χ1v) is 2.76. The highest BCUT2D eigenvalue weighted by atomic mass is 35.5. The third kappa shape index (κ3) is 1.93. The highest BCUT2D eigenvalue weighted by Crippen LogP contribution is 2.16. The van der Waals surface area contributed by atoms with E-state index in [1.165, 1.54) is 0 Å². The minimum absolute atomic E-state index is 0.275. The van der Waals surface area contributed by atoms with E-state index in [0.29, 0.717) is 7.69 Å². The van der Waals surface area contributed by atoms with Crippen LogP contribution in [0.3, 0.4) is 0 Å². The molecule has 0 aliphatic carbocycles. The minimum Gasteiger partial charge on any atom is -0.537 e. The van der Waals surface area contributed by atoms with Crippen molar-refractivity contribution in [2.75, 3.05) is 0 Å². The highest BCUT2D eigenvalue weighted by molar-refractivity contribution is 6.30. The second-order valence-electron chi connectivity index (χ2n) is 1.37. The van der Waals surface area contributed by atoms with E-state index in [0.717, 1.165) is 0 Å². The van der Waals surface area contributed by atoms with Crippen molar-refractivity contribution in [3.63, 3.8) is 0 Å². The lowest BCUT2D eigenvalue weighted by molar-refractivity contribution is 0.454. The van der Waals surface area contributed by atoms with Gasteiger partial charge in [-0.2, -0.15) is 0 Å². The molecule has 1 aromatic rings. The van der Waals surface area contributed by atoms with Gasteiger partial charge in [0.05, 0.1) is 5.48 Å². The van der Waals surface area contributed by atoms with Crippen molar-refractivity contribution < 1.29 is 15.2 Å². The third-order valence-electron chi connectivity index (χ3n) is 0.742. The molecule has 0 fully saturated rings. The van der Waals surface area contributed by atoms with E-state index in [2.05, 4.69) is 4.65 Å². The molecule has 1 N–H and O–H groups in total. The van der Waals surface area contributed by atoms with Crippen molar-refractivity contribution in [3.05, 3.63) is 29.2 Å². The molecule has 0 aliphatic rings. The number of hydrogen-bond acceptors (Lipinski definition) is 2. The molecule has 0 unspecified atom stereocenters. The summed E-state index contributed by atoms with van der Waals surface area (Å²) in [5.41, 5.74) is 0. The maximum atomic E-state index is 8.35. The fraction of sp³-hybridized carbons (Fsp3) is 0. The van der Waals surface area contributed by atoms with E-state index in [1.54, 1.807) is 0 Å². The Hall–Kier alpha value is -0.665. The van der Waals surface area contributed by atoms with Crippen molar-refractivity contribution in [1.29, 1.82) is 0 Å². The fourth-order valence-corrected chi connectivity index (χ4v) is 0.550. The molecule has 0 spiro atoms. The Morgan fingerprint density at radius 3 is 3.20 bits per heavy atom. The van der Waals surface area contributed by atoms with E-state index in [9.17, 15) is 0 Å². The zero-order valence-corrected chi connectivity index (χ0v) is 5.57. The van der Waals surface area contributed by atoms with E-state index >= 15 is 0 Å². The maximum absolute atomic E-state index is 8.35. The average molecular weight is 159 g/mol. The van der Waals surface area contributed by atoms with Crippen LogP contribution in [0.5, 0.6) is 5.75 Å². The lowest BCUT2D eigenvalue weighted by Gasteiger charge is -1.99. The molecule has 1 rings (SSSR count). The van der Waals surface area contributed by atoms with Crippen molar-refractivity contribution in [1.82, 2.24) is 0 Å². The van der Waals surface area contributed by atoms with Gasteiger partial charge in [-0.05, 0) is 18.1 Å². The zero-order valence-electron chi connectivity index (χ0n) is 8.81. The van der Waals surface area contributed by atoms with Gasteiger partial charge in [-0.15, -0.1) is 0 Å². The Morgan fingerprint density at radius 1 is 1.70 bits per heavy atom. The average Bonchev–Trinajstić information content (AvgIpc) is 2.19. The van der Waals surface area contributed by atoms with Crippen LogP contribution in [0.4, 0.5) is 0 Å². The summed E-state index contributed by atoms with van der Waals surface area (Å²) >= 11 is 5.54. The summed E-state index contributed by atoms with van der Waals surface area (Å²) in [7, 11) is 0.296. The molecule has 2 nitrogen and oxygen atoms in total. The van der Waals surface area contributed by atoms with Crippen molar-refractivity contribution in [2.24, 2.45) is 0 Å². The summed E-state index contributed by atoms with van der Waals surface area (Å²) in [6, 6.07) is -1.67. The lowest BCUT2D eigenvalue weighted by atomic mass is 10.3. The van der Waals surface area contributed by atoms with Crippen LogP contribution in [0, 0.1) is 0 Å². The van der Waals surface area contributed by atoms with Crippen LogP contribution in [0.15, 0.2) is 24.2 Å². The van der Waals surface area contributed by atoms with E-state index in [1.807, 2.05) is 0 Å². The van der Waals surface area contributed by atoms with Gasteiger partial charge >= 0.3 is 7.69 Å². The Labute approximate surface area is 70.3 Å². The van der Waals surface area contributed by atoms with Gasteiger partial charge in [0.1, 0.15) is 5.75 Å². The summed E-state index contributed by atoms with van der Waals surface area (Å²) in [5, 5.41) is 8.08. The van der Waals surface area contributed by atoms with E-state index in [-0.39, 0.29) is 16.8 Å². The van der Waals surface area contributed by atoms with Crippen LogP contribution in [-0.2, 0) is 0 Å². The van der Waals surface area contributed by atoms with Gasteiger partial charge in [-0.25, -0.2) is 0 Å². The van der Waals surface area contributed by atoms with Crippen LogP contribution in [-0.4, -0.2) is 12.7 Å². The van der Waals surface area contributed by atoms with E-state index < -0.39 is 18.1 Å². The highest BCUT2D eigenvalue weighted by Gasteiger charge is 1.93. The third-order valence-corrected chi connectivity index (χ3v) is 0.931. The van der Waals surface area contributed by atoms with Gasteiger partial charge in [0.2, 0.25) is 0 Å². The van der Waals surface area contributed by atoms with Crippen LogP contribution in [0.1, 0.15) is 5.48 Å². The molecule has 0 saturated carbocycles. The summed E-state index contributed by atoms with van der Waals surface area (Å²) in [6.07, 6.45) is 0. The van der Waals surface area contributed by atoms with Gasteiger partial charge in [-0.3, -0.25) is 0 Å². The monoisotopic (exact) mass is 159 g/mol. The maximum Gasteiger partial charge on any atom is 0.569 e. The largest absolute Gasteiger partial charge is 0.569 e. The van der Waals surface area contributed by atoms with Gasteiger partial charge in [0, 0.05) is 5.02 Å². The first kappa shape index (κ1) is 3.65. The molecule has 0 heterocycles. The van der Waals surface area contributed by atoms with Crippen LogP contribution >= 0.6 is 11.6 Å². The molecule has 0 bridgehead atoms. The van der Waals surface area contributed by atoms with Crippen LogP contribution in [0.2, 0.25) is 5.02 Å². The molecular weight excluding hydrogens is 150 g/mol. The van der Waals surface area contributed by atoms with Crippen LogP contribution < -0.4 is 4.65 Å². The van der Waals surface area contributed by atoms with Crippen molar-refractivity contribution >= 4 is 19.3 Å². The Kier molecular flexibility index (Phi) is 1.27. The first-order chi connectivity index (χ1) is 6.50. The van der Waals surface area contributed by atoms with Crippen molar-refractivity contribution in [3.8, 4) is 5.75 Å².